The Morgan fingerprint density at radius 3 is 2.76 bits per heavy atom. The Bertz CT molecular complexity index is 958. The van der Waals surface area contributed by atoms with E-state index in [9.17, 15) is 24.3 Å². The standard InChI is InChI=1S/C15H15N5O6S3/c1-5(21)27-2-6-3-28-13-9(12(23)20(13)10(6)14(24)25)18-11(22)8(19-26)7-4-29-15(16)17-7/h4,9,13,26H,2-3H2,1H3,(H2,16,17)(H,18,22)(H,24,25)/t9?,13-/m1/s1. The Morgan fingerprint density at radius 2 is 2.21 bits per heavy atom. The molecule has 1 saturated heterocycles. The number of oxime groups is 1. The number of fused-ring (bicyclic) bond motifs is 1. The zero-order valence-corrected chi connectivity index (χ0v) is 17.3. The molecular weight excluding hydrogens is 442 g/mol. The number of thiazole rings is 1. The predicted molar refractivity (Wildman–Crippen MR) is 108 cm³/mol. The fourth-order valence-electron chi connectivity index (χ4n) is 2.80. The van der Waals surface area contributed by atoms with Crippen LogP contribution in [-0.4, -0.2) is 71.7 Å². The van der Waals surface area contributed by atoms with Crippen molar-refractivity contribution in [1.82, 2.24) is 15.2 Å². The van der Waals surface area contributed by atoms with Crippen LogP contribution in [0.3, 0.4) is 0 Å². The third kappa shape index (κ3) is 4.09. The van der Waals surface area contributed by atoms with E-state index in [0.29, 0.717) is 11.3 Å². The van der Waals surface area contributed by atoms with E-state index in [1.807, 2.05) is 0 Å². The average Bonchev–Trinajstić information content (AvgIpc) is 3.09. The number of carbonyl (C=O) groups is 4. The highest BCUT2D eigenvalue weighted by Crippen LogP contribution is 2.41. The van der Waals surface area contributed by atoms with Gasteiger partial charge in [-0.2, -0.15) is 0 Å². The number of β-lactam (4-membered cyclic amide) rings is 1. The highest BCUT2D eigenvalue weighted by atomic mass is 32.2. The van der Waals surface area contributed by atoms with Gasteiger partial charge in [0.1, 0.15) is 22.8 Å². The van der Waals surface area contributed by atoms with Gasteiger partial charge in [-0.05, 0) is 5.57 Å². The summed E-state index contributed by atoms with van der Waals surface area (Å²) in [5, 5.41) is 24.9. The molecular formula is C15H15N5O6S3. The summed E-state index contributed by atoms with van der Waals surface area (Å²) < 4.78 is 0. The number of nitrogen functional groups attached to an aromatic ring is 1. The topological polar surface area (TPSA) is 175 Å². The van der Waals surface area contributed by atoms with Gasteiger partial charge >= 0.3 is 5.97 Å². The summed E-state index contributed by atoms with van der Waals surface area (Å²) in [5.41, 5.74) is 5.46. The Labute approximate surface area is 176 Å². The van der Waals surface area contributed by atoms with E-state index >= 15 is 0 Å². The summed E-state index contributed by atoms with van der Waals surface area (Å²) in [7, 11) is 0. The molecule has 5 N–H and O–H groups in total. The minimum absolute atomic E-state index is 0.0575. The minimum atomic E-state index is -1.27. The maximum absolute atomic E-state index is 12.6. The molecule has 2 atom stereocenters. The average molecular weight is 458 g/mol. The van der Waals surface area contributed by atoms with Crippen LogP contribution >= 0.6 is 34.9 Å². The molecule has 154 valence electrons. The number of nitrogens with one attached hydrogen (secondary N) is 1. The smallest absolute Gasteiger partial charge is 0.352 e. The van der Waals surface area contributed by atoms with Crippen LogP contribution in [0, 0.1) is 0 Å². The third-order valence-electron chi connectivity index (χ3n) is 4.07. The van der Waals surface area contributed by atoms with E-state index in [0.717, 1.165) is 28.0 Å². The molecule has 2 aliphatic heterocycles. The van der Waals surface area contributed by atoms with E-state index < -0.39 is 34.9 Å². The number of nitrogens with zero attached hydrogens (tertiary/aromatic N) is 3. The summed E-state index contributed by atoms with van der Waals surface area (Å²) in [6, 6.07) is -0.989. The first-order valence-electron chi connectivity index (χ1n) is 8.02. The lowest BCUT2D eigenvalue weighted by molar-refractivity contribution is -0.150. The molecule has 3 heterocycles. The van der Waals surface area contributed by atoms with Gasteiger partial charge in [-0.3, -0.25) is 19.3 Å². The second-order valence-electron chi connectivity index (χ2n) is 5.92. The highest BCUT2D eigenvalue weighted by Gasteiger charge is 2.54. The molecule has 0 aliphatic carbocycles. The largest absolute Gasteiger partial charge is 0.477 e. The first kappa shape index (κ1) is 21.1. The summed E-state index contributed by atoms with van der Waals surface area (Å²) in [5.74, 6) is -2.25. The Hall–Kier alpha value is -2.58. The monoisotopic (exact) mass is 457 g/mol. The first-order valence-corrected chi connectivity index (χ1v) is 10.9. The van der Waals surface area contributed by atoms with Crippen LogP contribution in [-0.2, 0) is 19.2 Å². The van der Waals surface area contributed by atoms with Gasteiger partial charge in [0.05, 0.1) is 0 Å². The molecule has 11 nitrogen and oxygen atoms in total. The van der Waals surface area contributed by atoms with Crippen molar-refractivity contribution in [2.45, 2.75) is 18.3 Å². The van der Waals surface area contributed by atoms with Crippen LogP contribution in [0.5, 0.6) is 0 Å². The van der Waals surface area contributed by atoms with Gasteiger partial charge in [-0.15, -0.1) is 23.1 Å². The van der Waals surface area contributed by atoms with Gasteiger partial charge in [0.15, 0.2) is 16.0 Å². The number of thioether (sulfide) groups is 2. The molecule has 0 aromatic carbocycles. The molecule has 1 fully saturated rings. The SMILES string of the molecule is CC(=O)SCC1=C(C(=O)O)N2C(=O)C(NC(=O)C(=NO)c3csc(N)n3)[C@H]2SC1. The van der Waals surface area contributed by atoms with E-state index in [-0.39, 0.29) is 27.4 Å². The molecule has 29 heavy (non-hydrogen) atoms. The number of hydrogen-bond donors (Lipinski definition) is 4. The fourth-order valence-corrected chi connectivity index (χ4v) is 5.44. The second kappa shape index (κ2) is 8.42. The van der Waals surface area contributed by atoms with Gasteiger partial charge in [0.25, 0.3) is 11.8 Å². The lowest BCUT2D eigenvalue weighted by Gasteiger charge is -2.49. The Balaban J connectivity index is 1.76. The first-order chi connectivity index (χ1) is 13.7. The molecule has 3 rings (SSSR count). The molecule has 0 radical (unpaired) electrons. The van der Waals surface area contributed by atoms with Gasteiger partial charge < -0.3 is 21.4 Å². The molecule has 2 amide bonds. The van der Waals surface area contributed by atoms with E-state index in [1.165, 1.54) is 24.1 Å². The molecule has 1 unspecified atom stereocenters. The van der Waals surface area contributed by atoms with E-state index in [2.05, 4.69) is 15.5 Å². The number of nitrogens with two attached hydrogens (primary N) is 1. The molecule has 1 aromatic rings. The van der Waals surface area contributed by atoms with E-state index in [4.69, 9.17) is 10.9 Å². The normalized spacial score (nSPS) is 21.5. The number of aliphatic carboxylic acids is 1. The quantitative estimate of drug-likeness (QED) is 0.196. The number of hydrogen-bond acceptors (Lipinski definition) is 11. The van der Waals surface area contributed by atoms with Crippen molar-refractivity contribution in [3.05, 3.63) is 22.3 Å². The summed E-state index contributed by atoms with van der Waals surface area (Å²) >= 11 is 3.29. The number of aromatic nitrogens is 1. The van der Waals surface area contributed by atoms with Gasteiger partial charge in [-0.1, -0.05) is 16.9 Å². The van der Waals surface area contributed by atoms with Crippen molar-refractivity contribution in [3.8, 4) is 0 Å². The number of rotatable bonds is 6. The second-order valence-corrected chi connectivity index (χ2v) is 9.07. The molecule has 1 aromatic heterocycles. The molecule has 2 aliphatic rings. The maximum Gasteiger partial charge on any atom is 0.352 e. The molecule has 0 saturated carbocycles. The van der Waals surface area contributed by atoms with Gasteiger partial charge in [-0.25, -0.2) is 9.78 Å². The van der Waals surface area contributed by atoms with Crippen LogP contribution in [0.1, 0.15) is 12.6 Å². The summed E-state index contributed by atoms with van der Waals surface area (Å²) in [4.78, 5) is 52.9. The number of carboxylic acids is 1. The summed E-state index contributed by atoms with van der Waals surface area (Å²) in [6.45, 7) is 1.38. The highest BCUT2D eigenvalue weighted by molar-refractivity contribution is 8.13. The maximum atomic E-state index is 12.6. The van der Waals surface area contributed by atoms with Crippen LogP contribution in [0.4, 0.5) is 5.13 Å². The van der Waals surface area contributed by atoms with Crippen molar-refractivity contribution in [1.29, 1.82) is 0 Å². The number of carbonyl (C=O) groups excluding carboxylic acids is 3. The lowest BCUT2D eigenvalue weighted by Crippen LogP contribution is -2.71. The van der Waals surface area contributed by atoms with Crippen molar-refractivity contribution in [2.24, 2.45) is 5.16 Å². The van der Waals surface area contributed by atoms with Crippen molar-refractivity contribution in [3.63, 3.8) is 0 Å². The van der Waals surface area contributed by atoms with Gasteiger partial charge in [0.2, 0.25) is 0 Å². The third-order valence-corrected chi connectivity index (χ3v) is 6.98. The number of amides is 2. The van der Waals surface area contributed by atoms with Crippen molar-refractivity contribution in [2.75, 3.05) is 17.2 Å². The molecule has 0 bridgehead atoms. The zero-order chi connectivity index (χ0) is 21.3. The van der Waals surface area contributed by atoms with Crippen LogP contribution < -0.4 is 11.1 Å². The van der Waals surface area contributed by atoms with Gasteiger partial charge in [0, 0.05) is 23.8 Å². The van der Waals surface area contributed by atoms with Crippen LogP contribution in [0.2, 0.25) is 0 Å². The Morgan fingerprint density at radius 1 is 1.48 bits per heavy atom. The molecule has 0 spiro atoms. The zero-order valence-electron chi connectivity index (χ0n) is 14.8. The summed E-state index contributed by atoms with van der Waals surface area (Å²) in [6.07, 6.45) is 0. The molecule has 14 heteroatoms. The van der Waals surface area contributed by atoms with Crippen molar-refractivity contribution < 1.29 is 29.5 Å². The van der Waals surface area contributed by atoms with Crippen LogP contribution in [0.25, 0.3) is 0 Å². The minimum Gasteiger partial charge on any atom is -0.477 e. The lowest BCUT2D eigenvalue weighted by atomic mass is 10.0. The predicted octanol–water partition coefficient (Wildman–Crippen LogP) is -0.0781. The van der Waals surface area contributed by atoms with Crippen molar-refractivity contribution >= 4 is 68.6 Å². The number of carboxylic acid groups (broad SMARTS) is 1. The Kier molecular flexibility index (Phi) is 6.14. The number of anilines is 1. The van der Waals surface area contributed by atoms with Crippen LogP contribution in [0.15, 0.2) is 21.8 Å². The fraction of sp³-hybridized carbons (Fsp3) is 0.333. The van der Waals surface area contributed by atoms with E-state index in [1.54, 1.807) is 0 Å².